The van der Waals surface area contributed by atoms with Crippen molar-refractivity contribution in [1.82, 2.24) is 9.97 Å². The third kappa shape index (κ3) is 4.02. The number of amidine groups is 1. The highest BCUT2D eigenvalue weighted by molar-refractivity contribution is 6.03. The van der Waals surface area contributed by atoms with Crippen LogP contribution in [-0.2, 0) is 6.42 Å². The minimum Gasteiger partial charge on any atom is -0.487 e. The molecule has 1 aromatic carbocycles. The molecule has 0 amide bonds. The molecule has 0 spiro atoms. The van der Waals surface area contributed by atoms with E-state index in [4.69, 9.17) is 16.2 Å². The van der Waals surface area contributed by atoms with Crippen LogP contribution in [-0.4, -0.2) is 28.6 Å². The predicted octanol–water partition coefficient (Wildman–Crippen LogP) is 3.86. The van der Waals surface area contributed by atoms with Crippen LogP contribution in [0.1, 0.15) is 17.1 Å². The van der Waals surface area contributed by atoms with Crippen LogP contribution < -0.4 is 16.2 Å². The zero-order valence-electron chi connectivity index (χ0n) is 15.6. The van der Waals surface area contributed by atoms with Crippen molar-refractivity contribution in [2.75, 3.05) is 12.3 Å². The maximum Gasteiger partial charge on any atom is 0.417 e. The van der Waals surface area contributed by atoms with Gasteiger partial charge in [-0.1, -0.05) is 25.3 Å². The Morgan fingerprint density at radius 3 is 2.57 bits per heavy atom. The van der Waals surface area contributed by atoms with Gasteiger partial charge in [-0.05, 0) is 18.2 Å². The van der Waals surface area contributed by atoms with Gasteiger partial charge in [0.25, 0.3) is 0 Å². The van der Waals surface area contributed by atoms with Crippen molar-refractivity contribution in [2.45, 2.75) is 12.6 Å². The minimum atomic E-state index is -4.69. The predicted molar refractivity (Wildman–Crippen MR) is 106 cm³/mol. The Morgan fingerprint density at radius 1 is 1.20 bits per heavy atom. The SMILES string of the molecule is C=C/C(=C(\C=C)C(F)(F)F)c1nc2c(c(N=C(N)c3cc(F)ccc3N)n1)OCC2. The number of anilines is 1. The van der Waals surface area contributed by atoms with Crippen LogP contribution in [0, 0.1) is 5.82 Å². The summed E-state index contributed by atoms with van der Waals surface area (Å²) < 4.78 is 59.2. The van der Waals surface area contributed by atoms with Gasteiger partial charge in [0, 0.05) is 23.2 Å². The number of benzene rings is 1. The summed E-state index contributed by atoms with van der Waals surface area (Å²) in [6, 6.07) is 3.56. The molecule has 4 N–H and O–H groups in total. The second-order valence-electron chi connectivity index (χ2n) is 6.21. The number of hydrogen-bond acceptors (Lipinski definition) is 5. The molecule has 6 nitrogen and oxygen atoms in total. The lowest BCUT2D eigenvalue weighted by Crippen LogP contribution is -2.16. The highest BCUT2D eigenvalue weighted by Crippen LogP contribution is 2.37. The Bertz CT molecular complexity index is 1090. The Kier molecular flexibility index (Phi) is 5.59. The topological polar surface area (TPSA) is 99.4 Å². The highest BCUT2D eigenvalue weighted by atomic mass is 19.4. The van der Waals surface area contributed by atoms with E-state index in [0.717, 1.165) is 18.2 Å². The first-order valence-corrected chi connectivity index (χ1v) is 8.65. The molecule has 0 radical (unpaired) electrons. The number of nitrogens with two attached hydrogens (primary N) is 2. The molecule has 1 aromatic heterocycles. The third-order valence-corrected chi connectivity index (χ3v) is 4.27. The molecular formula is C20H17F4N5O. The van der Waals surface area contributed by atoms with E-state index >= 15 is 0 Å². The van der Waals surface area contributed by atoms with Gasteiger partial charge < -0.3 is 16.2 Å². The number of halogens is 4. The summed E-state index contributed by atoms with van der Waals surface area (Å²) in [5, 5.41) is 0. The molecule has 0 atom stereocenters. The lowest BCUT2D eigenvalue weighted by atomic mass is 10.1. The normalized spacial score (nSPS) is 14.6. The lowest BCUT2D eigenvalue weighted by Gasteiger charge is -2.13. The first kappa shape index (κ1) is 21.0. The van der Waals surface area contributed by atoms with Crippen LogP contribution in [0.3, 0.4) is 0 Å². The molecule has 0 saturated carbocycles. The Morgan fingerprint density at radius 2 is 1.93 bits per heavy atom. The van der Waals surface area contributed by atoms with E-state index in [0.29, 0.717) is 18.2 Å². The van der Waals surface area contributed by atoms with Gasteiger partial charge in [0.05, 0.1) is 17.9 Å². The van der Waals surface area contributed by atoms with Crippen molar-refractivity contribution in [3.8, 4) is 5.75 Å². The molecule has 10 heteroatoms. The van der Waals surface area contributed by atoms with E-state index in [1.807, 2.05) is 0 Å². The van der Waals surface area contributed by atoms with Crippen molar-refractivity contribution in [3.63, 3.8) is 0 Å². The second-order valence-corrected chi connectivity index (χ2v) is 6.21. The standard InChI is InChI=1S/C20H17F4N5O/c1-3-11(13(4-2)20(22,23)24)18-27-15-7-8-30-16(15)19(29-18)28-17(26)12-9-10(21)5-6-14(12)25/h3-6,9H,1-2,7-8,25H2,(H2,26,27,28,29)/b13-11-. The number of ether oxygens (including phenoxy) is 1. The smallest absolute Gasteiger partial charge is 0.417 e. The van der Waals surface area contributed by atoms with Gasteiger partial charge in [0.1, 0.15) is 11.7 Å². The van der Waals surface area contributed by atoms with Crippen LogP contribution in [0.15, 0.2) is 54.1 Å². The third-order valence-electron chi connectivity index (χ3n) is 4.27. The molecular weight excluding hydrogens is 402 g/mol. The fourth-order valence-electron chi connectivity index (χ4n) is 2.87. The summed E-state index contributed by atoms with van der Waals surface area (Å²) in [7, 11) is 0. The summed E-state index contributed by atoms with van der Waals surface area (Å²) >= 11 is 0. The van der Waals surface area contributed by atoms with E-state index < -0.39 is 17.6 Å². The molecule has 0 saturated heterocycles. The number of nitrogen functional groups attached to an aromatic ring is 1. The van der Waals surface area contributed by atoms with E-state index in [1.165, 1.54) is 6.07 Å². The summed E-state index contributed by atoms with van der Waals surface area (Å²) in [5.41, 5.74) is 11.0. The number of fused-ring (bicyclic) bond motifs is 1. The molecule has 2 aromatic rings. The minimum absolute atomic E-state index is 0.0985. The molecule has 2 heterocycles. The van der Waals surface area contributed by atoms with Crippen LogP contribution >= 0.6 is 0 Å². The van der Waals surface area contributed by atoms with Gasteiger partial charge in [0.15, 0.2) is 11.6 Å². The number of alkyl halides is 3. The number of rotatable bonds is 5. The van der Waals surface area contributed by atoms with Crippen LogP contribution in [0.4, 0.5) is 29.1 Å². The van der Waals surface area contributed by atoms with E-state index in [-0.39, 0.29) is 46.7 Å². The van der Waals surface area contributed by atoms with Crippen LogP contribution in [0.5, 0.6) is 5.75 Å². The molecule has 30 heavy (non-hydrogen) atoms. The molecule has 156 valence electrons. The molecule has 3 rings (SSSR count). The van der Waals surface area contributed by atoms with Gasteiger partial charge in [-0.25, -0.2) is 19.4 Å². The molecule has 0 fully saturated rings. The van der Waals surface area contributed by atoms with Gasteiger partial charge >= 0.3 is 6.18 Å². The molecule has 1 aliphatic rings. The summed E-state index contributed by atoms with van der Waals surface area (Å²) in [6.45, 7) is 6.91. The van der Waals surface area contributed by atoms with Crippen molar-refractivity contribution in [3.05, 3.63) is 72.0 Å². The monoisotopic (exact) mass is 419 g/mol. The second kappa shape index (κ2) is 7.97. The van der Waals surface area contributed by atoms with Crippen LogP contribution in [0.2, 0.25) is 0 Å². The fourth-order valence-corrected chi connectivity index (χ4v) is 2.87. The van der Waals surface area contributed by atoms with Crippen molar-refractivity contribution >= 4 is 22.9 Å². The molecule has 0 aliphatic carbocycles. The number of aromatic nitrogens is 2. The lowest BCUT2D eigenvalue weighted by molar-refractivity contribution is -0.0875. The Hall–Kier alpha value is -3.69. The van der Waals surface area contributed by atoms with Crippen molar-refractivity contribution in [2.24, 2.45) is 10.7 Å². The van der Waals surface area contributed by atoms with E-state index in [9.17, 15) is 17.6 Å². The zero-order valence-corrected chi connectivity index (χ0v) is 15.6. The van der Waals surface area contributed by atoms with Gasteiger partial charge in [0.2, 0.25) is 5.82 Å². The highest BCUT2D eigenvalue weighted by Gasteiger charge is 2.35. The number of allylic oxidation sites excluding steroid dienone is 4. The molecule has 0 unspecified atom stereocenters. The van der Waals surface area contributed by atoms with E-state index in [2.05, 4.69) is 28.1 Å². The van der Waals surface area contributed by atoms with Crippen molar-refractivity contribution < 1.29 is 22.3 Å². The summed E-state index contributed by atoms with van der Waals surface area (Å²) in [5.74, 6) is -0.941. The first-order valence-electron chi connectivity index (χ1n) is 8.65. The van der Waals surface area contributed by atoms with Gasteiger partial charge in [-0.3, -0.25) is 0 Å². The quantitative estimate of drug-likeness (QED) is 0.252. The first-order chi connectivity index (χ1) is 14.2. The van der Waals surface area contributed by atoms with Gasteiger partial charge in [-0.2, -0.15) is 13.2 Å². The largest absolute Gasteiger partial charge is 0.487 e. The average molecular weight is 419 g/mol. The van der Waals surface area contributed by atoms with Gasteiger partial charge in [-0.15, -0.1) is 0 Å². The number of hydrogen-bond donors (Lipinski definition) is 2. The Labute approximate surface area is 169 Å². The average Bonchev–Trinajstić information content (AvgIpc) is 3.15. The maximum absolute atomic E-state index is 13.6. The maximum atomic E-state index is 13.6. The van der Waals surface area contributed by atoms with Crippen LogP contribution in [0.25, 0.3) is 5.57 Å². The number of nitrogens with zero attached hydrogens (tertiary/aromatic N) is 3. The number of aliphatic imine (C=N–C) groups is 1. The zero-order chi connectivity index (χ0) is 22.1. The molecule has 1 aliphatic heterocycles. The summed E-state index contributed by atoms with van der Waals surface area (Å²) in [4.78, 5) is 12.4. The van der Waals surface area contributed by atoms with E-state index in [1.54, 1.807) is 0 Å². The van der Waals surface area contributed by atoms with Crippen molar-refractivity contribution in [1.29, 1.82) is 0 Å². The Balaban J connectivity index is 2.21. The summed E-state index contributed by atoms with van der Waals surface area (Å²) in [6.07, 6.45) is -2.70. The molecule has 0 bridgehead atoms. The fraction of sp³-hybridized carbons (Fsp3) is 0.150.